The van der Waals surface area contributed by atoms with Gasteiger partial charge >= 0.3 is 0 Å². The topological polar surface area (TPSA) is 75.5 Å². The Morgan fingerprint density at radius 3 is 2.27 bits per heavy atom. The van der Waals surface area contributed by atoms with Crippen molar-refractivity contribution in [3.05, 3.63) is 50.9 Å². The molecule has 0 bridgehead atoms. The van der Waals surface area contributed by atoms with E-state index in [4.69, 9.17) is 23.2 Å². The number of nitrogens with zero attached hydrogens (tertiary/aromatic N) is 4. The second-order valence-electron chi connectivity index (χ2n) is 5.82. The van der Waals surface area contributed by atoms with Crippen LogP contribution in [0.2, 0.25) is 10.0 Å². The van der Waals surface area contributed by atoms with Crippen molar-refractivity contribution in [3.63, 3.8) is 0 Å². The highest BCUT2D eigenvalue weighted by Gasteiger charge is 2.27. The van der Waals surface area contributed by atoms with Gasteiger partial charge in [0.25, 0.3) is 5.56 Å². The van der Waals surface area contributed by atoms with Crippen LogP contribution in [0.3, 0.4) is 0 Å². The van der Waals surface area contributed by atoms with Gasteiger partial charge in [-0.15, -0.1) is 0 Å². The summed E-state index contributed by atoms with van der Waals surface area (Å²) < 4.78 is 26.6. The maximum absolute atomic E-state index is 12.6. The summed E-state index contributed by atoms with van der Waals surface area (Å²) in [6.45, 7) is 3.23. The van der Waals surface area contributed by atoms with Crippen LogP contribution >= 0.6 is 23.2 Å². The first-order valence-electron chi connectivity index (χ1n) is 8.10. The normalized spacial score (nSPS) is 16.0. The minimum Gasteiger partial charge on any atom is -0.366 e. The van der Waals surface area contributed by atoms with Crippen LogP contribution in [0.5, 0.6) is 0 Å². The minimum atomic E-state index is -3.21. The van der Waals surface area contributed by atoms with Crippen LogP contribution in [-0.2, 0) is 10.0 Å². The number of rotatable bonds is 4. The lowest BCUT2D eigenvalue weighted by Gasteiger charge is -2.35. The summed E-state index contributed by atoms with van der Waals surface area (Å²) in [5.41, 5.74) is 0.636. The quantitative estimate of drug-likeness (QED) is 0.761. The maximum Gasteiger partial charge on any atom is 0.292 e. The van der Waals surface area contributed by atoms with E-state index in [1.54, 1.807) is 31.2 Å². The van der Waals surface area contributed by atoms with Crippen LogP contribution in [0.4, 0.5) is 5.69 Å². The molecule has 0 amide bonds. The molecule has 0 N–H and O–H groups in total. The lowest BCUT2D eigenvalue weighted by atomic mass is 10.3. The smallest absolute Gasteiger partial charge is 0.292 e. The van der Waals surface area contributed by atoms with E-state index in [0.717, 1.165) is 0 Å². The Kier molecular flexibility index (Phi) is 5.57. The minimum absolute atomic E-state index is 0.0572. The molecule has 3 rings (SSSR count). The van der Waals surface area contributed by atoms with Crippen molar-refractivity contribution in [2.45, 2.75) is 6.92 Å². The zero-order chi connectivity index (χ0) is 18.9. The standard InChI is InChI=1S/C16H18Cl2N4O3S/c1-2-26(24,25)21-9-7-20(8-10-21)14-11-19-22(16(23)15(14)18)13-5-3-12(17)4-6-13/h3-6,11H,2,7-10H2,1H3. The molecule has 140 valence electrons. The highest BCUT2D eigenvalue weighted by Crippen LogP contribution is 2.24. The second-order valence-corrected chi connectivity index (χ2v) is 8.90. The number of halogens is 2. The molecule has 1 aliphatic rings. The molecule has 0 atom stereocenters. The predicted molar refractivity (Wildman–Crippen MR) is 103 cm³/mol. The second kappa shape index (κ2) is 7.56. The van der Waals surface area contributed by atoms with Crippen LogP contribution in [0.1, 0.15) is 6.92 Å². The number of hydrogen-bond donors (Lipinski definition) is 0. The largest absolute Gasteiger partial charge is 0.366 e. The van der Waals surface area contributed by atoms with E-state index in [1.807, 2.05) is 4.90 Å². The van der Waals surface area contributed by atoms with Crippen molar-refractivity contribution in [2.24, 2.45) is 0 Å². The molecular formula is C16H18Cl2N4O3S. The van der Waals surface area contributed by atoms with Gasteiger partial charge in [-0.25, -0.2) is 8.42 Å². The van der Waals surface area contributed by atoms with Crippen LogP contribution < -0.4 is 10.5 Å². The molecule has 1 fully saturated rings. The number of sulfonamides is 1. The molecule has 0 radical (unpaired) electrons. The third-order valence-corrected chi connectivity index (χ3v) is 6.80. The fourth-order valence-electron chi connectivity index (χ4n) is 2.80. The predicted octanol–water partition coefficient (Wildman–Crippen LogP) is 2.01. The Balaban J connectivity index is 1.84. The van der Waals surface area contributed by atoms with Gasteiger partial charge in [-0.1, -0.05) is 23.2 Å². The van der Waals surface area contributed by atoms with Crippen molar-refractivity contribution in [1.82, 2.24) is 14.1 Å². The Labute approximate surface area is 161 Å². The molecule has 0 unspecified atom stereocenters. The van der Waals surface area contributed by atoms with E-state index in [-0.39, 0.29) is 10.8 Å². The van der Waals surface area contributed by atoms with Crippen LogP contribution in [0.25, 0.3) is 5.69 Å². The average molecular weight is 417 g/mol. The van der Waals surface area contributed by atoms with Crippen LogP contribution in [0.15, 0.2) is 35.3 Å². The van der Waals surface area contributed by atoms with Gasteiger partial charge in [-0.2, -0.15) is 14.1 Å². The van der Waals surface area contributed by atoms with Gasteiger partial charge in [-0.3, -0.25) is 4.79 Å². The van der Waals surface area contributed by atoms with E-state index in [9.17, 15) is 13.2 Å². The molecular weight excluding hydrogens is 399 g/mol. The first-order valence-corrected chi connectivity index (χ1v) is 10.5. The number of aromatic nitrogens is 2. The Morgan fingerprint density at radius 1 is 1.08 bits per heavy atom. The maximum atomic E-state index is 12.6. The van der Waals surface area contributed by atoms with E-state index in [0.29, 0.717) is 42.6 Å². The van der Waals surface area contributed by atoms with Crippen molar-refractivity contribution in [2.75, 3.05) is 36.8 Å². The Hall–Kier alpha value is -1.61. The van der Waals surface area contributed by atoms with Gasteiger partial charge < -0.3 is 4.90 Å². The molecule has 2 aromatic rings. The molecule has 1 aromatic heterocycles. The van der Waals surface area contributed by atoms with Crippen molar-refractivity contribution in [3.8, 4) is 5.69 Å². The highest BCUT2D eigenvalue weighted by atomic mass is 35.5. The summed E-state index contributed by atoms with van der Waals surface area (Å²) in [6.07, 6.45) is 1.53. The zero-order valence-corrected chi connectivity index (χ0v) is 16.4. The molecule has 1 saturated heterocycles. The Morgan fingerprint density at radius 2 is 1.69 bits per heavy atom. The van der Waals surface area contributed by atoms with Gasteiger partial charge in [0.15, 0.2) is 0 Å². The highest BCUT2D eigenvalue weighted by molar-refractivity contribution is 7.89. The van der Waals surface area contributed by atoms with Crippen molar-refractivity contribution in [1.29, 1.82) is 0 Å². The zero-order valence-electron chi connectivity index (χ0n) is 14.1. The third kappa shape index (κ3) is 3.73. The van der Waals surface area contributed by atoms with Crippen molar-refractivity contribution < 1.29 is 8.42 Å². The molecule has 0 aliphatic carbocycles. The van der Waals surface area contributed by atoms with Gasteiger partial charge in [-0.05, 0) is 31.2 Å². The summed E-state index contributed by atoms with van der Waals surface area (Å²) >= 11 is 12.2. The van der Waals surface area contributed by atoms with E-state index in [1.165, 1.54) is 15.2 Å². The monoisotopic (exact) mass is 416 g/mol. The molecule has 0 saturated carbocycles. The van der Waals surface area contributed by atoms with Gasteiger partial charge in [0.1, 0.15) is 5.02 Å². The van der Waals surface area contributed by atoms with Gasteiger partial charge in [0.2, 0.25) is 10.0 Å². The first-order chi connectivity index (χ1) is 12.3. The van der Waals surface area contributed by atoms with E-state index >= 15 is 0 Å². The first kappa shape index (κ1) is 19.2. The fourth-order valence-corrected chi connectivity index (χ4v) is 4.26. The van der Waals surface area contributed by atoms with Crippen LogP contribution in [-0.4, -0.2) is 54.4 Å². The number of anilines is 1. The molecule has 1 aromatic carbocycles. The molecule has 2 heterocycles. The lowest BCUT2D eigenvalue weighted by Crippen LogP contribution is -2.49. The third-order valence-electron chi connectivity index (χ3n) is 4.31. The molecule has 1 aliphatic heterocycles. The van der Waals surface area contributed by atoms with Gasteiger partial charge in [0.05, 0.1) is 23.3 Å². The van der Waals surface area contributed by atoms with E-state index in [2.05, 4.69) is 5.10 Å². The number of piperazine rings is 1. The SMILES string of the molecule is CCS(=O)(=O)N1CCN(c2cnn(-c3ccc(Cl)cc3)c(=O)c2Cl)CC1. The molecule has 0 spiro atoms. The lowest BCUT2D eigenvalue weighted by molar-refractivity contribution is 0.385. The summed E-state index contributed by atoms with van der Waals surface area (Å²) in [7, 11) is -3.21. The van der Waals surface area contributed by atoms with E-state index < -0.39 is 15.6 Å². The number of hydrogen-bond acceptors (Lipinski definition) is 5. The molecule has 26 heavy (non-hydrogen) atoms. The average Bonchev–Trinajstić information content (AvgIpc) is 2.65. The summed E-state index contributed by atoms with van der Waals surface area (Å²) in [5.74, 6) is 0.0758. The summed E-state index contributed by atoms with van der Waals surface area (Å²) in [4.78, 5) is 14.5. The van der Waals surface area contributed by atoms with Gasteiger partial charge in [0, 0.05) is 31.2 Å². The van der Waals surface area contributed by atoms with Crippen LogP contribution in [0, 0.1) is 0 Å². The fraction of sp³-hybridized carbons (Fsp3) is 0.375. The molecule has 7 nitrogen and oxygen atoms in total. The summed E-state index contributed by atoms with van der Waals surface area (Å²) in [6, 6.07) is 6.70. The molecule has 10 heteroatoms. The summed E-state index contributed by atoms with van der Waals surface area (Å²) in [5, 5.41) is 4.82. The van der Waals surface area contributed by atoms with Crippen molar-refractivity contribution >= 4 is 38.9 Å². The Bertz CT molecular complexity index is 952. The number of benzene rings is 1.